The number of hydrogen-bond donors (Lipinski definition) is 1. The van der Waals surface area contributed by atoms with E-state index in [2.05, 4.69) is 0 Å². The van der Waals surface area contributed by atoms with Crippen LogP contribution in [-0.2, 0) is 4.79 Å². The van der Waals surface area contributed by atoms with Crippen LogP contribution in [0.2, 0.25) is 0 Å². The van der Waals surface area contributed by atoms with E-state index in [9.17, 15) is 14.7 Å². The summed E-state index contributed by atoms with van der Waals surface area (Å²) in [6, 6.07) is 5.29. The van der Waals surface area contributed by atoms with Crippen LogP contribution in [0.4, 0.5) is 0 Å². The Kier molecular flexibility index (Phi) is 5.69. The Morgan fingerprint density at radius 3 is 2.50 bits per heavy atom. The number of likely N-dealkylation sites (tertiary alicyclic amines) is 1. The monoisotopic (exact) mass is 361 g/mol. The van der Waals surface area contributed by atoms with Gasteiger partial charge >= 0.3 is 5.97 Å². The molecule has 2 unspecified atom stereocenters. The van der Waals surface area contributed by atoms with Crippen LogP contribution in [0.5, 0.6) is 11.5 Å². The smallest absolute Gasteiger partial charge is 0.306 e. The highest BCUT2D eigenvalue weighted by Crippen LogP contribution is 2.33. The number of ether oxygens (including phenoxy) is 2. The molecule has 1 heterocycles. The number of aliphatic carboxylic acids is 1. The summed E-state index contributed by atoms with van der Waals surface area (Å²) in [6.45, 7) is 2.80. The van der Waals surface area contributed by atoms with E-state index in [0.29, 0.717) is 36.6 Å². The second-order valence-corrected chi connectivity index (χ2v) is 7.35. The van der Waals surface area contributed by atoms with Gasteiger partial charge in [-0.3, -0.25) is 9.59 Å². The standard InChI is InChI=1S/C20H27NO5/c1-13-12-21(10-9-16(13)20(23)24)19(22)14-7-8-17(18(11-14)25-2)26-15-5-3-4-6-15/h7-8,11,13,15-16H,3-6,9-10,12H2,1-2H3,(H,23,24). The van der Waals surface area contributed by atoms with E-state index in [1.54, 1.807) is 30.2 Å². The van der Waals surface area contributed by atoms with Crippen molar-refractivity contribution >= 4 is 11.9 Å². The van der Waals surface area contributed by atoms with Crippen LogP contribution in [-0.4, -0.2) is 48.2 Å². The van der Waals surface area contributed by atoms with Gasteiger partial charge in [0.15, 0.2) is 11.5 Å². The number of rotatable bonds is 5. The van der Waals surface area contributed by atoms with Crippen molar-refractivity contribution in [1.82, 2.24) is 4.90 Å². The molecule has 2 fully saturated rings. The Labute approximate surface area is 154 Å². The molecule has 0 spiro atoms. The average molecular weight is 361 g/mol. The molecule has 1 aromatic rings. The van der Waals surface area contributed by atoms with Gasteiger partial charge < -0.3 is 19.5 Å². The number of benzene rings is 1. The Bertz CT molecular complexity index is 668. The van der Waals surface area contributed by atoms with Gasteiger partial charge in [0.2, 0.25) is 0 Å². The van der Waals surface area contributed by atoms with Gasteiger partial charge in [-0.05, 0) is 56.2 Å². The maximum atomic E-state index is 12.8. The van der Waals surface area contributed by atoms with Gasteiger partial charge in [0, 0.05) is 18.7 Å². The number of hydrogen-bond acceptors (Lipinski definition) is 4. The summed E-state index contributed by atoms with van der Waals surface area (Å²) in [5.41, 5.74) is 0.543. The molecular weight excluding hydrogens is 334 g/mol. The van der Waals surface area contributed by atoms with Crippen molar-refractivity contribution in [3.05, 3.63) is 23.8 Å². The molecule has 142 valence electrons. The fourth-order valence-electron chi connectivity index (χ4n) is 3.96. The molecule has 0 aromatic heterocycles. The molecule has 1 aliphatic heterocycles. The van der Waals surface area contributed by atoms with E-state index in [1.807, 2.05) is 6.92 Å². The highest BCUT2D eigenvalue weighted by Gasteiger charge is 2.33. The fourth-order valence-corrected chi connectivity index (χ4v) is 3.96. The van der Waals surface area contributed by atoms with Crippen LogP contribution < -0.4 is 9.47 Å². The molecule has 6 heteroatoms. The predicted octanol–water partition coefficient (Wildman–Crippen LogP) is 3.20. The average Bonchev–Trinajstić information content (AvgIpc) is 3.14. The minimum absolute atomic E-state index is 0.0583. The van der Waals surface area contributed by atoms with E-state index < -0.39 is 5.97 Å². The third-order valence-corrected chi connectivity index (χ3v) is 5.52. The van der Waals surface area contributed by atoms with Crippen molar-refractivity contribution in [1.29, 1.82) is 0 Å². The molecule has 0 bridgehead atoms. The number of amides is 1. The summed E-state index contributed by atoms with van der Waals surface area (Å²) in [4.78, 5) is 25.8. The molecule has 2 aliphatic rings. The van der Waals surface area contributed by atoms with Gasteiger partial charge in [-0.15, -0.1) is 0 Å². The van der Waals surface area contributed by atoms with Crippen molar-refractivity contribution in [3.8, 4) is 11.5 Å². The predicted molar refractivity (Wildman–Crippen MR) is 96.7 cm³/mol. The molecule has 0 radical (unpaired) electrons. The third-order valence-electron chi connectivity index (χ3n) is 5.52. The van der Waals surface area contributed by atoms with E-state index in [0.717, 1.165) is 12.8 Å². The van der Waals surface area contributed by atoms with Crippen molar-refractivity contribution in [3.63, 3.8) is 0 Å². The Morgan fingerprint density at radius 2 is 1.88 bits per heavy atom. The number of piperidine rings is 1. The highest BCUT2D eigenvalue weighted by atomic mass is 16.5. The first-order chi connectivity index (χ1) is 12.5. The van der Waals surface area contributed by atoms with Crippen molar-refractivity contribution < 1.29 is 24.2 Å². The van der Waals surface area contributed by atoms with E-state index in [-0.39, 0.29) is 23.8 Å². The molecular formula is C20H27NO5. The van der Waals surface area contributed by atoms with Crippen molar-refractivity contribution in [2.45, 2.75) is 45.1 Å². The Morgan fingerprint density at radius 1 is 1.15 bits per heavy atom. The molecule has 1 aromatic carbocycles. The lowest BCUT2D eigenvalue weighted by molar-refractivity contribution is -0.145. The molecule has 1 aliphatic carbocycles. The first-order valence-corrected chi connectivity index (χ1v) is 9.36. The molecule has 1 saturated carbocycles. The van der Waals surface area contributed by atoms with Crippen LogP contribution in [0.15, 0.2) is 18.2 Å². The van der Waals surface area contributed by atoms with E-state index in [1.165, 1.54) is 12.8 Å². The zero-order valence-electron chi connectivity index (χ0n) is 15.4. The van der Waals surface area contributed by atoms with Gasteiger partial charge in [-0.1, -0.05) is 6.92 Å². The number of carbonyl (C=O) groups excluding carboxylic acids is 1. The van der Waals surface area contributed by atoms with E-state index in [4.69, 9.17) is 9.47 Å². The van der Waals surface area contributed by atoms with Crippen molar-refractivity contribution in [2.75, 3.05) is 20.2 Å². The first kappa shape index (κ1) is 18.5. The zero-order chi connectivity index (χ0) is 18.7. The zero-order valence-corrected chi connectivity index (χ0v) is 15.4. The molecule has 6 nitrogen and oxygen atoms in total. The minimum Gasteiger partial charge on any atom is -0.493 e. The van der Waals surface area contributed by atoms with Crippen LogP contribution in [0.1, 0.15) is 49.4 Å². The second-order valence-electron chi connectivity index (χ2n) is 7.35. The second kappa shape index (κ2) is 7.98. The third kappa shape index (κ3) is 3.94. The molecule has 26 heavy (non-hydrogen) atoms. The summed E-state index contributed by atoms with van der Waals surface area (Å²) >= 11 is 0. The molecule has 2 atom stereocenters. The Hall–Kier alpha value is -2.24. The first-order valence-electron chi connectivity index (χ1n) is 9.36. The lowest BCUT2D eigenvalue weighted by Gasteiger charge is -2.35. The summed E-state index contributed by atoms with van der Waals surface area (Å²) in [5.74, 6) is -0.0657. The van der Waals surface area contributed by atoms with Gasteiger partial charge in [-0.2, -0.15) is 0 Å². The topological polar surface area (TPSA) is 76.1 Å². The lowest BCUT2D eigenvalue weighted by Crippen LogP contribution is -2.45. The minimum atomic E-state index is -0.778. The molecule has 3 rings (SSSR count). The fraction of sp³-hybridized carbons (Fsp3) is 0.600. The van der Waals surface area contributed by atoms with Gasteiger partial charge in [-0.25, -0.2) is 0 Å². The van der Waals surface area contributed by atoms with E-state index >= 15 is 0 Å². The summed E-state index contributed by atoms with van der Waals surface area (Å²) in [7, 11) is 1.57. The molecule has 1 N–H and O–H groups in total. The van der Waals surface area contributed by atoms with Gasteiger partial charge in [0.05, 0.1) is 19.1 Å². The van der Waals surface area contributed by atoms with Crippen LogP contribution in [0.3, 0.4) is 0 Å². The van der Waals surface area contributed by atoms with Gasteiger partial charge in [0.1, 0.15) is 0 Å². The van der Waals surface area contributed by atoms with Crippen LogP contribution >= 0.6 is 0 Å². The largest absolute Gasteiger partial charge is 0.493 e. The number of methoxy groups -OCH3 is 1. The van der Waals surface area contributed by atoms with Crippen LogP contribution in [0.25, 0.3) is 0 Å². The number of carboxylic acids is 1. The summed E-state index contributed by atoms with van der Waals surface area (Å²) < 4.78 is 11.4. The van der Waals surface area contributed by atoms with Crippen molar-refractivity contribution in [2.24, 2.45) is 11.8 Å². The highest BCUT2D eigenvalue weighted by molar-refractivity contribution is 5.95. The number of carboxylic acid groups (broad SMARTS) is 1. The van der Waals surface area contributed by atoms with Crippen LogP contribution in [0, 0.1) is 11.8 Å². The van der Waals surface area contributed by atoms with Gasteiger partial charge in [0.25, 0.3) is 5.91 Å². The summed E-state index contributed by atoms with van der Waals surface area (Å²) in [5, 5.41) is 9.23. The number of nitrogens with zero attached hydrogens (tertiary/aromatic N) is 1. The molecule has 1 amide bonds. The maximum absolute atomic E-state index is 12.8. The summed E-state index contributed by atoms with van der Waals surface area (Å²) in [6.07, 6.45) is 5.20. The lowest BCUT2D eigenvalue weighted by atomic mass is 9.87. The number of carbonyl (C=O) groups is 2. The normalized spacial score (nSPS) is 23.7. The quantitative estimate of drug-likeness (QED) is 0.871. The SMILES string of the molecule is COc1cc(C(=O)N2CCC(C(=O)O)C(C)C2)ccc1OC1CCCC1. The maximum Gasteiger partial charge on any atom is 0.306 e. The molecule has 1 saturated heterocycles. The Balaban J connectivity index is 1.70.